The molecule has 28 heavy (non-hydrogen) atoms. The third kappa shape index (κ3) is 5.55. The van der Waals surface area contributed by atoms with E-state index < -0.39 is 0 Å². The Bertz CT molecular complexity index is 807. The lowest BCUT2D eigenvalue weighted by Gasteiger charge is -2.27. The van der Waals surface area contributed by atoms with E-state index in [1.807, 2.05) is 44.2 Å². The number of carbonyl (C=O) groups is 2. The molecule has 1 aliphatic rings. The van der Waals surface area contributed by atoms with E-state index in [9.17, 15) is 9.59 Å². The van der Waals surface area contributed by atoms with Crippen molar-refractivity contribution in [1.82, 2.24) is 15.6 Å². The monoisotopic (exact) mass is 380 g/mol. The van der Waals surface area contributed by atoms with Gasteiger partial charge in [0.05, 0.1) is 6.54 Å². The molecule has 3 rings (SSSR count). The van der Waals surface area contributed by atoms with Crippen LogP contribution in [0.3, 0.4) is 0 Å². The number of aryl methyl sites for hydroxylation is 2. The highest BCUT2D eigenvalue weighted by Gasteiger charge is 2.12. The van der Waals surface area contributed by atoms with Crippen LogP contribution in [0.4, 0.5) is 5.82 Å². The highest BCUT2D eigenvalue weighted by molar-refractivity contribution is 5.96. The molecule has 1 aliphatic heterocycles. The normalized spacial score (nSPS) is 13.9. The lowest BCUT2D eigenvalue weighted by molar-refractivity contribution is -0.120. The zero-order valence-electron chi connectivity index (χ0n) is 16.6. The second kappa shape index (κ2) is 9.35. The maximum absolute atomic E-state index is 12.2. The van der Waals surface area contributed by atoms with Crippen molar-refractivity contribution < 1.29 is 9.59 Å². The molecule has 2 N–H and O–H groups in total. The van der Waals surface area contributed by atoms with E-state index >= 15 is 0 Å². The Morgan fingerprint density at radius 2 is 1.71 bits per heavy atom. The van der Waals surface area contributed by atoms with Gasteiger partial charge in [0.15, 0.2) is 0 Å². The molecule has 1 saturated heterocycles. The minimum Gasteiger partial charge on any atom is -0.357 e. The molecule has 0 bridgehead atoms. The van der Waals surface area contributed by atoms with Gasteiger partial charge in [-0.05, 0) is 56.9 Å². The van der Waals surface area contributed by atoms with Crippen molar-refractivity contribution in [2.24, 2.45) is 0 Å². The summed E-state index contributed by atoms with van der Waals surface area (Å²) in [6.07, 6.45) is 5.53. The summed E-state index contributed by atoms with van der Waals surface area (Å²) in [7, 11) is 0. The average molecular weight is 380 g/mol. The lowest BCUT2D eigenvalue weighted by Crippen LogP contribution is -2.36. The third-order valence-corrected chi connectivity index (χ3v) is 4.87. The quantitative estimate of drug-likeness (QED) is 0.808. The standard InChI is InChI=1S/C22H28N4O2/c1-16-10-17(2)12-19(11-16)22(28)25-15-21(27)24-14-18-6-7-20(23-13-18)26-8-4-3-5-9-26/h6-7,10-13H,3-5,8-9,14-15H2,1-2H3,(H,24,27)(H,25,28). The molecule has 0 atom stereocenters. The summed E-state index contributed by atoms with van der Waals surface area (Å²) in [6.45, 7) is 6.35. The fourth-order valence-electron chi connectivity index (χ4n) is 3.46. The maximum atomic E-state index is 12.2. The average Bonchev–Trinajstić information content (AvgIpc) is 2.71. The van der Waals surface area contributed by atoms with Gasteiger partial charge >= 0.3 is 0 Å². The first-order valence-electron chi connectivity index (χ1n) is 9.84. The van der Waals surface area contributed by atoms with Crippen molar-refractivity contribution in [2.75, 3.05) is 24.5 Å². The van der Waals surface area contributed by atoms with Crippen LogP contribution in [0.2, 0.25) is 0 Å². The smallest absolute Gasteiger partial charge is 0.251 e. The van der Waals surface area contributed by atoms with Crippen LogP contribution < -0.4 is 15.5 Å². The van der Waals surface area contributed by atoms with Crippen LogP contribution in [0.25, 0.3) is 0 Å². The Morgan fingerprint density at radius 1 is 1.00 bits per heavy atom. The number of pyridine rings is 1. The predicted octanol–water partition coefficient (Wildman–Crippen LogP) is 2.73. The molecular formula is C22H28N4O2. The molecule has 0 saturated carbocycles. The number of nitrogens with zero attached hydrogens (tertiary/aromatic N) is 2. The van der Waals surface area contributed by atoms with Gasteiger partial charge in [-0.3, -0.25) is 9.59 Å². The number of benzene rings is 1. The molecule has 1 aromatic carbocycles. The second-order valence-electron chi connectivity index (χ2n) is 7.41. The molecule has 2 heterocycles. The molecule has 6 nitrogen and oxygen atoms in total. The van der Waals surface area contributed by atoms with Gasteiger partial charge in [-0.1, -0.05) is 23.3 Å². The van der Waals surface area contributed by atoms with Crippen molar-refractivity contribution in [1.29, 1.82) is 0 Å². The molecule has 0 radical (unpaired) electrons. The summed E-state index contributed by atoms with van der Waals surface area (Å²) < 4.78 is 0. The Hall–Kier alpha value is -2.89. The zero-order valence-corrected chi connectivity index (χ0v) is 16.6. The zero-order chi connectivity index (χ0) is 19.9. The highest BCUT2D eigenvalue weighted by Crippen LogP contribution is 2.17. The van der Waals surface area contributed by atoms with Crippen molar-refractivity contribution in [3.63, 3.8) is 0 Å². The number of nitrogens with one attached hydrogen (secondary N) is 2. The first-order chi connectivity index (χ1) is 13.5. The molecule has 6 heteroatoms. The van der Waals surface area contributed by atoms with E-state index in [0.29, 0.717) is 12.1 Å². The summed E-state index contributed by atoms with van der Waals surface area (Å²) in [6, 6.07) is 9.64. The van der Waals surface area contributed by atoms with Crippen LogP contribution in [0.15, 0.2) is 36.5 Å². The number of hydrogen-bond donors (Lipinski definition) is 2. The molecule has 0 unspecified atom stereocenters. The Labute approximate surface area is 166 Å². The molecule has 1 fully saturated rings. The summed E-state index contributed by atoms with van der Waals surface area (Å²) in [5, 5.41) is 5.49. The number of anilines is 1. The molecule has 1 aromatic heterocycles. The van der Waals surface area contributed by atoms with E-state index in [0.717, 1.165) is 35.6 Å². The van der Waals surface area contributed by atoms with E-state index in [-0.39, 0.29) is 18.4 Å². The molecular weight excluding hydrogens is 352 g/mol. The number of aromatic nitrogens is 1. The number of piperidine rings is 1. The van der Waals surface area contributed by atoms with E-state index in [1.165, 1.54) is 19.3 Å². The minimum absolute atomic E-state index is 0.0505. The van der Waals surface area contributed by atoms with Crippen LogP contribution in [-0.4, -0.2) is 36.4 Å². The molecule has 2 aromatic rings. The van der Waals surface area contributed by atoms with Crippen LogP contribution in [-0.2, 0) is 11.3 Å². The first kappa shape index (κ1) is 19.9. The van der Waals surface area contributed by atoms with E-state index in [4.69, 9.17) is 0 Å². The van der Waals surface area contributed by atoms with Gasteiger partial charge < -0.3 is 15.5 Å². The highest BCUT2D eigenvalue weighted by atomic mass is 16.2. The van der Waals surface area contributed by atoms with Gasteiger partial charge in [-0.25, -0.2) is 4.98 Å². The Kier molecular flexibility index (Phi) is 6.63. The van der Waals surface area contributed by atoms with E-state index in [2.05, 4.69) is 20.5 Å². The summed E-state index contributed by atoms with van der Waals surface area (Å²) in [4.78, 5) is 31.1. The van der Waals surface area contributed by atoms with Crippen LogP contribution in [0, 0.1) is 13.8 Å². The van der Waals surface area contributed by atoms with Crippen molar-refractivity contribution in [3.05, 3.63) is 58.8 Å². The van der Waals surface area contributed by atoms with Crippen molar-refractivity contribution in [2.45, 2.75) is 39.7 Å². The fraction of sp³-hybridized carbons (Fsp3) is 0.409. The molecule has 148 valence electrons. The minimum atomic E-state index is -0.241. The van der Waals surface area contributed by atoms with Gasteiger partial charge in [0.1, 0.15) is 5.82 Å². The molecule has 2 amide bonds. The van der Waals surface area contributed by atoms with Gasteiger partial charge in [0, 0.05) is 31.4 Å². The van der Waals surface area contributed by atoms with Gasteiger partial charge in [0.25, 0.3) is 5.91 Å². The summed E-state index contributed by atoms with van der Waals surface area (Å²) >= 11 is 0. The van der Waals surface area contributed by atoms with Crippen LogP contribution >= 0.6 is 0 Å². The second-order valence-corrected chi connectivity index (χ2v) is 7.41. The number of hydrogen-bond acceptors (Lipinski definition) is 4. The maximum Gasteiger partial charge on any atom is 0.251 e. The summed E-state index contributed by atoms with van der Waals surface area (Å²) in [5.41, 5.74) is 3.56. The Morgan fingerprint density at radius 3 is 2.36 bits per heavy atom. The first-order valence-corrected chi connectivity index (χ1v) is 9.84. The van der Waals surface area contributed by atoms with Crippen LogP contribution in [0.5, 0.6) is 0 Å². The largest absolute Gasteiger partial charge is 0.357 e. The topological polar surface area (TPSA) is 74.3 Å². The van der Waals surface area contributed by atoms with Crippen LogP contribution in [0.1, 0.15) is 46.3 Å². The molecule has 0 spiro atoms. The fourth-order valence-corrected chi connectivity index (χ4v) is 3.46. The SMILES string of the molecule is Cc1cc(C)cc(C(=O)NCC(=O)NCc2ccc(N3CCCCC3)nc2)c1. The van der Waals surface area contributed by atoms with Gasteiger partial charge in [0.2, 0.25) is 5.91 Å². The van der Waals surface area contributed by atoms with Crippen molar-refractivity contribution >= 4 is 17.6 Å². The number of carbonyl (C=O) groups excluding carboxylic acids is 2. The van der Waals surface area contributed by atoms with E-state index in [1.54, 1.807) is 6.20 Å². The van der Waals surface area contributed by atoms with Gasteiger partial charge in [-0.2, -0.15) is 0 Å². The lowest BCUT2D eigenvalue weighted by atomic mass is 10.1. The predicted molar refractivity (Wildman–Crippen MR) is 110 cm³/mol. The third-order valence-electron chi connectivity index (χ3n) is 4.87. The Balaban J connectivity index is 1.44. The number of amides is 2. The molecule has 0 aliphatic carbocycles. The van der Waals surface area contributed by atoms with Gasteiger partial charge in [-0.15, -0.1) is 0 Å². The van der Waals surface area contributed by atoms with Crippen molar-refractivity contribution in [3.8, 4) is 0 Å². The number of rotatable bonds is 6. The summed E-state index contributed by atoms with van der Waals surface area (Å²) in [5.74, 6) is 0.530.